The lowest BCUT2D eigenvalue weighted by Gasteiger charge is -2.31. The van der Waals surface area contributed by atoms with Gasteiger partial charge >= 0.3 is 0 Å². The molecule has 1 aliphatic heterocycles. The van der Waals surface area contributed by atoms with E-state index in [0.29, 0.717) is 18.2 Å². The number of benzene rings is 1. The van der Waals surface area contributed by atoms with Gasteiger partial charge in [-0.25, -0.2) is 4.98 Å². The molecule has 1 unspecified atom stereocenters. The number of rotatable bonds is 6. The van der Waals surface area contributed by atoms with Crippen LogP contribution in [0.25, 0.3) is 11.3 Å². The summed E-state index contributed by atoms with van der Waals surface area (Å²) in [5.74, 6) is -0.0267. The van der Waals surface area contributed by atoms with Crippen LogP contribution in [0.4, 0.5) is 5.13 Å². The number of nitrogens with zero attached hydrogens (tertiary/aromatic N) is 2. The molecule has 144 valence electrons. The third-order valence-corrected chi connectivity index (χ3v) is 5.45. The smallest absolute Gasteiger partial charge is 0.240 e. The monoisotopic (exact) mass is 386 g/mol. The summed E-state index contributed by atoms with van der Waals surface area (Å²) < 4.78 is 0. The van der Waals surface area contributed by atoms with Gasteiger partial charge in [-0.2, -0.15) is 0 Å². The summed E-state index contributed by atoms with van der Waals surface area (Å²) in [6.07, 6.45) is 1.82. The van der Waals surface area contributed by atoms with Crippen molar-refractivity contribution in [2.24, 2.45) is 5.92 Å². The van der Waals surface area contributed by atoms with Crippen molar-refractivity contribution in [3.63, 3.8) is 0 Å². The number of nitrogens with one attached hydrogen (secondary N) is 2. The van der Waals surface area contributed by atoms with Crippen molar-refractivity contribution >= 4 is 28.3 Å². The summed E-state index contributed by atoms with van der Waals surface area (Å²) in [6, 6.07) is 8.17. The Morgan fingerprint density at radius 3 is 2.81 bits per heavy atom. The van der Waals surface area contributed by atoms with Gasteiger partial charge in [0.2, 0.25) is 11.8 Å². The number of aryl methyl sites for hydroxylation is 1. The number of likely N-dealkylation sites (tertiary alicyclic amines) is 1. The number of carbonyl (C=O) groups is 2. The molecule has 2 aromatic rings. The van der Waals surface area contributed by atoms with Crippen LogP contribution in [0.2, 0.25) is 0 Å². The lowest BCUT2D eigenvalue weighted by molar-refractivity contribution is -0.127. The van der Waals surface area contributed by atoms with Crippen LogP contribution >= 0.6 is 11.3 Å². The molecular formula is C20H26N4O2S. The standard InChI is InChI=1S/C20H26N4O2S/c1-3-21-19(26)16-5-4-10-24(11-16)12-18(25)23-20-22-17(13-27-20)15-8-6-14(2)7-9-15/h6-9,13,16H,3-5,10-12H2,1-2H3,(H,21,26)(H,22,23,25). The zero-order chi connectivity index (χ0) is 19.2. The van der Waals surface area contributed by atoms with Crippen LogP contribution in [0.15, 0.2) is 29.6 Å². The van der Waals surface area contributed by atoms with E-state index in [1.54, 1.807) is 0 Å². The Kier molecular flexibility index (Phi) is 6.58. The van der Waals surface area contributed by atoms with E-state index in [0.717, 1.165) is 30.6 Å². The molecule has 1 saturated heterocycles. The van der Waals surface area contributed by atoms with Gasteiger partial charge in [-0.15, -0.1) is 11.3 Å². The average Bonchev–Trinajstić information content (AvgIpc) is 3.11. The van der Waals surface area contributed by atoms with E-state index in [-0.39, 0.29) is 24.3 Å². The molecule has 1 aliphatic rings. The maximum absolute atomic E-state index is 12.4. The van der Waals surface area contributed by atoms with Crippen molar-refractivity contribution in [3.8, 4) is 11.3 Å². The van der Waals surface area contributed by atoms with Crippen molar-refractivity contribution in [3.05, 3.63) is 35.2 Å². The molecule has 2 amide bonds. The minimum atomic E-state index is -0.0867. The second kappa shape index (κ2) is 9.10. The Labute approximate surface area is 164 Å². The molecule has 0 radical (unpaired) electrons. The summed E-state index contributed by atoms with van der Waals surface area (Å²) in [5.41, 5.74) is 3.11. The number of carbonyl (C=O) groups excluding carboxylic acids is 2. The van der Waals surface area contributed by atoms with E-state index in [4.69, 9.17) is 0 Å². The zero-order valence-corrected chi connectivity index (χ0v) is 16.6. The third-order valence-electron chi connectivity index (χ3n) is 4.69. The molecule has 1 fully saturated rings. The van der Waals surface area contributed by atoms with E-state index in [1.165, 1.54) is 16.9 Å². The molecule has 6 nitrogen and oxygen atoms in total. The van der Waals surface area contributed by atoms with Gasteiger partial charge in [0, 0.05) is 24.0 Å². The number of anilines is 1. The van der Waals surface area contributed by atoms with E-state index < -0.39 is 0 Å². The molecule has 7 heteroatoms. The van der Waals surface area contributed by atoms with Gasteiger partial charge in [0.1, 0.15) is 0 Å². The van der Waals surface area contributed by atoms with Crippen LogP contribution in [0.3, 0.4) is 0 Å². The van der Waals surface area contributed by atoms with Gasteiger partial charge in [-0.05, 0) is 33.2 Å². The lowest BCUT2D eigenvalue weighted by Crippen LogP contribution is -2.45. The topological polar surface area (TPSA) is 74.3 Å². The van der Waals surface area contributed by atoms with Crippen molar-refractivity contribution in [2.45, 2.75) is 26.7 Å². The molecule has 1 atom stereocenters. The second-order valence-electron chi connectivity index (χ2n) is 6.92. The molecule has 27 heavy (non-hydrogen) atoms. The number of hydrogen-bond donors (Lipinski definition) is 2. The zero-order valence-electron chi connectivity index (χ0n) is 15.8. The highest BCUT2D eigenvalue weighted by Gasteiger charge is 2.26. The predicted molar refractivity (Wildman–Crippen MR) is 109 cm³/mol. The summed E-state index contributed by atoms with van der Waals surface area (Å²) in [4.78, 5) is 31.0. The fourth-order valence-corrected chi connectivity index (χ4v) is 4.02. The summed E-state index contributed by atoms with van der Waals surface area (Å²) in [6.45, 7) is 6.37. The highest BCUT2D eigenvalue weighted by molar-refractivity contribution is 7.14. The maximum atomic E-state index is 12.4. The van der Waals surface area contributed by atoms with Crippen LogP contribution < -0.4 is 10.6 Å². The van der Waals surface area contributed by atoms with Crippen LogP contribution in [0.1, 0.15) is 25.3 Å². The van der Waals surface area contributed by atoms with Gasteiger partial charge in [-0.1, -0.05) is 29.8 Å². The Balaban J connectivity index is 1.53. The van der Waals surface area contributed by atoms with Gasteiger partial charge in [0.15, 0.2) is 5.13 Å². The van der Waals surface area contributed by atoms with Gasteiger partial charge in [0.05, 0.1) is 18.2 Å². The molecular weight excluding hydrogens is 360 g/mol. The normalized spacial score (nSPS) is 17.5. The third kappa shape index (κ3) is 5.37. The van der Waals surface area contributed by atoms with E-state index in [2.05, 4.69) is 15.6 Å². The quantitative estimate of drug-likeness (QED) is 0.801. The summed E-state index contributed by atoms with van der Waals surface area (Å²) in [5, 5.41) is 8.32. The summed E-state index contributed by atoms with van der Waals surface area (Å²) in [7, 11) is 0. The van der Waals surface area contributed by atoms with Crippen LogP contribution in [0.5, 0.6) is 0 Å². The number of hydrogen-bond acceptors (Lipinski definition) is 5. The van der Waals surface area contributed by atoms with Gasteiger partial charge in [-0.3, -0.25) is 14.5 Å². The number of thiazole rings is 1. The first-order valence-electron chi connectivity index (χ1n) is 9.37. The fourth-order valence-electron chi connectivity index (χ4n) is 3.28. The Hall–Kier alpha value is -2.25. The van der Waals surface area contributed by atoms with Crippen molar-refractivity contribution in [2.75, 3.05) is 31.5 Å². The highest BCUT2D eigenvalue weighted by Crippen LogP contribution is 2.25. The average molecular weight is 387 g/mol. The van der Waals surface area contributed by atoms with Crippen molar-refractivity contribution < 1.29 is 9.59 Å². The summed E-state index contributed by atoms with van der Waals surface area (Å²) >= 11 is 1.43. The largest absolute Gasteiger partial charge is 0.356 e. The first-order valence-corrected chi connectivity index (χ1v) is 10.3. The maximum Gasteiger partial charge on any atom is 0.240 e. The Morgan fingerprint density at radius 1 is 1.30 bits per heavy atom. The van der Waals surface area contributed by atoms with Crippen LogP contribution in [-0.2, 0) is 9.59 Å². The molecule has 3 rings (SSSR count). The van der Waals surface area contributed by atoms with E-state index in [9.17, 15) is 9.59 Å². The fraction of sp³-hybridized carbons (Fsp3) is 0.450. The van der Waals surface area contributed by atoms with E-state index in [1.807, 2.05) is 48.4 Å². The molecule has 0 aliphatic carbocycles. The van der Waals surface area contributed by atoms with Crippen molar-refractivity contribution in [1.82, 2.24) is 15.2 Å². The SMILES string of the molecule is CCNC(=O)C1CCCN(CC(=O)Nc2nc(-c3ccc(C)cc3)cs2)C1. The van der Waals surface area contributed by atoms with Crippen LogP contribution in [-0.4, -0.2) is 47.9 Å². The number of piperidine rings is 1. The molecule has 1 aromatic carbocycles. The lowest BCUT2D eigenvalue weighted by atomic mass is 9.97. The van der Waals surface area contributed by atoms with Gasteiger partial charge < -0.3 is 10.6 Å². The first-order chi connectivity index (χ1) is 13.0. The minimum absolute atomic E-state index is 0.0282. The minimum Gasteiger partial charge on any atom is -0.356 e. The van der Waals surface area contributed by atoms with Crippen molar-refractivity contribution in [1.29, 1.82) is 0 Å². The predicted octanol–water partition coefficient (Wildman–Crippen LogP) is 2.91. The molecule has 0 saturated carbocycles. The Bertz CT molecular complexity index is 788. The molecule has 0 spiro atoms. The second-order valence-corrected chi connectivity index (χ2v) is 7.78. The van der Waals surface area contributed by atoms with Crippen LogP contribution in [0, 0.1) is 12.8 Å². The molecule has 0 bridgehead atoms. The molecule has 2 N–H and O–H groups in total. The van der Waals surface area contributed by atoms with E-state index >= 15 is 0 Å². The Morgan fingerprint density at radius 2 is 2.07 bits per heavy atom. The number of amides is 2. The number of aromatic nitrogens is 1. The first kappa shape index (κ1) is 19.5. The molecule has 2 heterocycles. The highest BCUT2D eigenvalue weighted by atomic mass is 32.1. The molecule has 1 aromatic heterocycles. The van der Waals surface area contributed by atoms with Gasteiger partial charge in [0.25, 0.3) is 0 Å².